The molecule has 0 unspecified atom stereocenters. The molecule has 1 N–H and O–H groups in total. The highest BCUT2D eigenvalue weighted by molar-refractivity contribution is 5.96. The van der Waals surface area contributed by atoms with Crippen molar-refractivity contribution in [2.75, 3.05) is 18.0 Å². The minimum Gasteiger partial charge on any atom is -0.370 e. The first kappa shape index (κ1) is 15.6. The van der Waals surface area contributed by atoms with Crippen LogP contribution in [0.3, 0.4) is 0 Å². The predicted molar refractivity (Wildman–Crippen MR) is 98.7 cm³/mol. The standard InChI is InChI=1S/C20H21N5/c1-13-9-14(2)18-17(10-13)19(16(11-21)12-24-18)25-7-3-15(4-8-25)20-22-5-6-23-20/h5-6,9-10,12,15H,3-4,7-8H2,1-2H3,(H,22,23). The van der Waals surface area contributed by atoms with E-state index in [9.17, 15) is 5.26 Å². The Hall–Kier alpha value is -2.87. The number of hydrogen-bond donors (Lipinski definition) is 1. The van der Waals surface area contributed by atoms with Crippen molar-refractivity contribution in [1.29, 1.82) is 5.26 Å². The van der Waals surface area contributed by atoms with Crippen LogP contribution < -0.4 is 4.90 Å². The van der Waals surface area contributed by atoms with Crippen molar-refractivity contribution in [2.24, 2.45) is 0 Å². The van der Waals surface area contributed by atoms with E-state index < -0.39 is 0 Å². The second-order valence-corrected chi connectivity index (χ2v) is 6.85. The molecule has 0 spiro atoms. The second-order valence-electron chi connectivity index (χ2n) is 6.85. The fourth-order valence-electron chi connectivity index (χ4n) is 3.95. The molecule has 1 aromatic carbocycles. The number of aryl methyl sites for hydroxylation is 2. The van der Waals surface area contributed by atoms with Crippen LogP contribution in [-0.2, 0) is 0 Å². The van der Waals surface area contributed by atoms with E-state index in [-0.39, 0.29) is 0 Å². The predicted octanol–water partition coefficient (Wildman–Crippen LogP) is 3.83. The molecule has 1 aliphatic heterocycles. The molecule has 3 heterocycles. The van der Waals surface area contributed by atoms with Crippen LogP contribution in [0.1, 0.15) is 41.3 Å². The Kier molecular flexibility index (Phi) is 3.89. The molecule has 0 amide bonds. The van der Waals surface area contributed by atoms with Crippen molar-refractivity contribution in [3.8, 4) is 6.07 Å². The Labute approximate surface area is 147 Å². The number of nitrogens with one attached hydrogen (secondary N) is 1. The van der Waals surface area contributed by atoms with E-state index in [2.05, 4.69) is 51.9 Å². The number of nitrogens with zero attached hydrogens (tertiary/aromatic N) is 4. The van der Waals surface area contributed by atoms with Crippen LogP contribution in [0.15, 0.2) is 30.7 Å². The second kappa shape index (κ2) is 6.21. The molecule has 1 saturated heterocycles. The lowest BCUT2D eigenvalue weighted by Crippen LogP contribution is -2.34. The van der Waals surface area contributed by atoms with E-state index in [4.69, 9.17) is 0 Å². The maximum absolute atomic E-state index is 9.62. The Balaban J connectivity index is 1.73. The van der Waals surface area contributed by atoms with Gasteiger partial charge in [-0.15, -0.1) is 0 Å². The smallest absolute Gasteiger partial charge is 0.109 e. The Morgan fingerprint density at radius 2 is 2.00 bits per heavy atom. The van der Waals surface area contributed by atoms with Crippen LogP contribution in [0.5, 0.6) is 0 Å². The van der Waals surface area contributed by atoms with E-state index >= 15 is 0 Å². The third-order valence-corrected chi connectivity index (χ3v) is 5.12. The first-order chi connectivity index (χ1) is 12.2. The summed E-state index contributed by atoms with van der Waals surface area (Å²) < 4.78 is 0. The largest absolute Gasteiger partial charge is 0.370 e. The van der Waals surface area contributed by atoms with E-state index in [0.29, 0.717) is 11.5 Å². The average molecular weight is 331 g/mol. The zero-order valence-electron chi connectivity index (χ0n) is 14.6. The summed E-state index contributed by atoms with van der Waals surface area (Å²) in [5, 5.41) is 10.7. The minimum atomic E-state index is 0.466. The molecule has 4 rings (SSSR count). The van der Waals surface area contributed by atoms with Gasteiger partial charge in [0.2, 0.25) is 0 Å². The van der Waals surface area contributed by atoms with Gasteiger partial charge >= 0.3 is 0 Å². The number of imidazole rings is 1. The van der Waals surface area contributed by atoms with Crippen LogP contribution in [0.4, 0.5) is 5.69 Å². The Morgan fingerprint density at radius 1 is 1.20 bits per heavy atom. The number of aromatic amines is 1. The van der Waals surface area contributed by atoms with E-state index in [0.717, 1.165) is 53.9 Å². The van der Waals surface area contributed by atoms with E-state index in [1.165, 1.54) is 5.56 Å². The molecule has 0 saturated carbocycles. The van der Waals surface area contributed by atoms with Gasteiger partial charge in [-0.3, -0.25) is 4.98 Å². The molecular weight excluding hydrogens is 310 g/mol. The SMILES string of the molecule is Cc1cc(C)c2ncc(C#N)c(N3CCC(c4ncc[nH]4)CC3)c2c1. The number of fused-ring (bicyclic) bond motifs is 1. The molecule has 5 nitrogen and oxygen atoms in total. The number of H-pyrrole nitrogens is 1. The monoisotopic (exact) mass is 331 g/mol. The molecule has 1 aliphatic rings. The molecule has 25 heavy (non-hydrogen) atoms. The summed E-state index contributed by atoms with van der Waals surface area (Å²) in [6.45, 7) is 6.03. The van der Waals surface area contributed by atoms with Crippen molar-refractivity contribution >= 4 is 16.6 Å². The molecule has 5 heteroatoms. The van der Waals surface area contributed by atoms with Crippen molar-refractivity contribution in [3.05, 3.63) is 53.2 Å². The minimum absolute atomic E-state index is 0.466. The summed E-state index contributed by atoms with van der Waals surface area (Å²) in [6, 6.07) is 6.64. The summed E-state index contributed by atoms with van der Waals surface area (Å²) >= 11 is 0. The van der Waals surface area contributed by atoms with Crippen molar-refractivity contribution in [3.63, 3.8) is 0 Å². The van der Waals surface area contributed by atoms with Gasteiger partial charge in [0.15, 0.2) is 0 Å². The maximum Gasteiger partial charge on any atom is 0.109 e. The maximum atomic E-state index is 9.62. The Bertz CT molecular complexity index is 944. The van der Waals surface area contributed by atoms with Gasteiger partial charge in [-0.25, -0.2) is 4.98 Å². The van der Waals surface area contributed by atoms with E-state index in [1.807, 2.05) is 12.4 Å². The van der Waals surface area contributed by atoms with Gasteiger partial charge in [-0.1, -0.05) is 11.6 Å². The summed E-state index contributed by atoms with van der Waals surface area (Å²) in [5.41, 5.74) is 5.05. The number of hydrogen-bond acceptors (Lipinski definition) is 4. The molecule has 0 bridgehead atoms. The van der Waals surface area contributed by atoms with Gasteiger partial charge in [0.25, 0.3) is 0 Å². The van der Waals surface area contributed by atoms with Gasteiger partial charge in [0.1, 0.15) is 11.9 Å². The molecule has 1 fully saturated rings. The topological polar surface area (TPSA) is 68.6 Å². The molecular formula is C20H21N5. The van der Waals surface area contributed by atoms with Gasteiger partial charge in [-0.2, -0.15) is 5.26 Å². The first-order valence-electron chi connectivity index (χ1n) is 8.71. The van der Waals surface area contributed by atoms with Crippen LogP contribution in [0.25, 0.3) is 10.9 Å². The lowest BCUT2D eigenvalue weighted by molar-refractivity contribution is 0.489. The van der Waals surface area contributed by atoms with Crippen LogP contribution in [0.2, 0.25) is 0 Å². The van der Waals surface area contributed by atoms with Gasteiger partial charge in [0.05, 0.1) is 16.8 Å². The highest BCUT2D eigenvalue weighted by Crippen LogP contribution is 2.35. The van der Waals surface area contributed by atoms with Crippen molar-refractivity contribution in [2.45, 2.75) is 32.6 Å². The first-order valence-corrected chi connectivity index (χ1v) is 8.71. The number of anilines is 1. The van der Waals surface area contributed by atoms with E-state index in [1.54, 1.807) is 6.20 Å². The van der Waals surface area contributed by atoms with Gasteiger partial charge in [-0.05, 0) is 38.3 Å². The lowest BCUT2D eigenvalue weighted by Gasteiger charge is -2.34. The number of benzene rings is 1. The molecule has 0 aliphatic carbocycles. The molecule has 0 atom stereocenters. The number of rotatable bonds is 2. The van der Waals surface area contributed by atoms with Gasteiger partial charge in [0, 0.05) is 43.0 Å². The zero-order chi connectivity index (χ0) is 17.4. The molecule has 2 aromatic heterocycles. The summed E-state index contributed by atoms with van der Waals surface area (Å²) in [7, 11) is 0. The zero-order valence-corrected chi connectivity index (χ0v) is 14.6. The number of nitriles is 1. The summed E-state index contributed by atoms with van der Waals surface area (Å²) in [4.78, 5) is 14.5. The third-order valence-electron chi connectivity index (χ3n) is 5.12. The average Bonchev–Trinajstić information content (AvgIpc) is 3.15. The summed E-state index contributed by atoms with van der Waals surface area (Å²) in [6.07, 6.45) is 7.49. The molecule has 126 valence electrons. The van der Waals surface area contributed by atoms with Crippen LogP contribution >= 0.6 is 0 Å². The number of piperidine rings is 1. The van der Waals surface area contributed by atoms with Crippen LogP contribution in [0, 0.1) is 25.2 Å². The quantitative estimate of drug-likeness (QED) is 0.775. The van der Waals surface area contributed by atoms with Crippen LogP contribution in [-0.4, -0.2) is 28.0 Å². The highest BCUT2D eigenvalue weighted by atomic mass is 15.1. The van der Waals surface area contributed by atoms with Crippen molar-refractivity contribution < 1.29 is 0 Å². The molecule has 3 aromatic rings. The lowest BCUT2D eigenvalue weighted by atomic mass is 9.94. The number of aromatic nitrogens is 3. The molecule has 0 radical (unpaired) electrons. The van der Waals surface area contributed by atoms with Crippen molar-refractivity contribution in [1.82, 2.24) is 15.0 Å². The fraction of sp³-hybridized carbons (Fsp3) is 0.350. The third kappa shape index (κ3) is 2.74. The Morgan fingerprint density at radius 3 is 2.68 bits per heavy atom. The van der Waals surface area contributed by atoms with Gasteiger partial charge < -0.3 is 9.88 Å². The number of pyridine rings is 1. The highest BCUT2D eigenvalue weighted by Gasteiger charge is 2.25. The normalized spacial score (nSPS) is 15.5. The summed E-state index contributed by atoms with van der Waals surface area (Å²) in [5.74, 6) is 1.54. The fourth-order valence-corrected chi connectivity index (χ4v) is 3.95.